The molecule has 0 heterocycles. The van der Waals surface area contributed by atoms with E-state index < -0.39 is 0 Å². The van der Waals surface area contributed by atoms with Crippen LogP contribution >= 0.6 is 0 Å². The first kappa shape index (κ1) is 33.1. The first-order valence-electron chi connectivity index (χ1n) is 15.0. The molecular weight excluding hydrogens is 500 g/mol. The maximum Gasteiger partial charge on any atom is 0.277 e. The van der Waals surface area contributed by atoms with Crippen LogP contribution in [-0.2, 0) is 11.2 Å². The Bertz CT molecular complexity index is 1050. The SMILES string of the molecule is C=CCc1cccc(Oc2ccc(C(=O)CC)cc2)c1OCCCC[N+](C)(C)CC(=O)N(CCCC)CCCC. The molecule has 0 atom stereocenters. The molecule has 0 aliphatic rings. The van der Waals surface area contributed by atoms with Gasteiger partial charge in [-0.25, -0.2) is 0 Å². The summed E-state index contributed by atoms with van der Waals surface area (Å²) in [5.41, 5.74) is 1.70. The Hall–Kier alpha value is -3.12. The smallest absolute Gasteiger partial charge is 0.277 e. The predicted molar refractivity (Wildman–Crippen MR) is 164 cm³/mol. The summed E-state index contributed by atoms with van der Waals surface area (Å²) in [7, 11) is 4.28. The average molecular weight is 552 g/mol. The molecule has 0 aliphatic heterocycles. The number of carbonyl (C=O) groups excluding carboxylic acids is 2. The minimum absolute atomic E-state index is 0.111. The number of unbranched alkanes of at least 4 members (excludes halogenated alkanes) is 3. The van der Waals surface area contributed by atoms with Crippen molar-refractivity contribution in [1.82, 2.24) is 4.90 Å². The van der Waals surface area contributed by atoms with Crippen LogP contribution in [0.2, 0.25) is 0 Å². The molecule has 220 valence electrons. The summed E-state index contributed by atoms with van der Waals surface area (Å²) in [6, 6.07) is 13.1. The van der Waals surface area contributed by atoms with Crippen molar-refractivity contribution in [1.29, 1.82) is 0 Å². The van der Waals surface area contributed by atoms with Gasteiger partial charge in [-0.1, -0.05) is 51.8 Å². The Kier molecular flexibility index (Phi) is 14.5. The van der Waals surface area contributed by atoms with E-state index in [-0.39, 0.29) is 11.7 Å². The van der Waals surface area contributed by atoms with Gasteiger partial charge in [0.05, 0.1) is 27.2 Å². The summed E-state index contributed by atoms with van der Waals surface area (Å²) in [5, 5.41) is 0. The number of hydrogen-bond acceptors (Lipinski definition) is 4. The number of rotatable bonds is 20. The fourth-order valence-electron chi connectivity index (χ4n) is 4.58. The molecule has 0 bridgehead atoms. The van der Waals surface area contributed by atoms with Gasteiger partial charge in [0, 0.05) is 30.6 Å². The number of allylic oxidation sites excluding steroid dienone is 1. The van der Waals surface area contributed by atoms with Gasteiger partial charge < -0.3 is 18.9 Å². The Morgan fingerprint density at radius 3 is 2.20 bits per heavy atom. The lowest BCUT2D eigenvalue weighted by molar-refractivity contribution is -0.883. The largest absolute Gasteiger partial charge is 0.489 e. The van der Waals surface area contributed by atoms with Crippen LogP contribution in [0.3, 0.4) is 0 Å². The summed E-state index contributed by atoms with van der Waals surface area (Å²) in [5.74, 6) is 2.40. The molecule has 0 aromatic heterocycles. The van der Waals surface area contributed by atoms with E-state index in [1.54, 1.807) is 12.1 Å². The minimum atomic E-state index is 0.111. The van der Waals surface area contributed by atoms with Crippen molar-refractivity contribution in [2.24, 2.45) is 0 Å². The van der Waals surface area contributed by atoms with E-state index >= 15 is 0 Å². The van der Waals surface area contributed by atoms with E-state index in [9.17, 15) is 9.59 Å². The topological polar surface area (TPSA) is 55.8 Å². The molecule has 6 heteroatoms. The standard InChI is InChI=1S/C34H51N2O4/c1-7-11-23-35(24-12-8-2)33(38)27-36(5,6)25-13-14-26-39-34-29(16-9-3)17-15-18-32(34)40-30-21-19-28(20-22-30)31(37)10-4/h9,15,17-22H,3,7-8,10-14,16,23-27H2,1-2,4-6H3/q+1. The molecule has 0 saturated carbocycles. The predicted octanol–water partition coefficient (Wildman–Crippen LogP) is 7.46. The zero-order valence-corrected chi connectivity index (χ0v) is 25.5. The van der Waals surface area contributed by atoms with Gasteiger partial charge in [0.15, 0.2) is 23.8 Å². The molecule has 0 unspecified atom stereocenters. The molecular formula is C34H51N2O4+. The number of amides is 1. The van der Waals surface area contributed by atoms with Gasteiger partial charge >= 0.3 is 0 Å². The molecule has 2 aromatic rings. The molecule has 0 N–H and O–H groups in total. The Labute approximate surface area is 242 Å². The third-order valence-electron chi connectivity index (χ3n) is 7.03. The highest BCUT2D eigenvalue weighted by Gasteiger charge is 2.24. The fourth-order valence-corrected chi connectivity index (χ4v) is 4.58. The Morgan fingerprint density at radius 2 is 1.60 bits per heavy atom. The molecule has 0 saturated heterocycles. The highest BCUT2D eigenvalue weighted by Crippen LogP contribution is 2.35. The zero-order chi connectivity index (χ0) is 29.4. The molecule has 0 aliphatic carbocycles. The Balaban J connectivity index is 1.96. The van der Waals surface area contributed by atoms with Gasteiger partial charge in [-0.05, 0) is 62.4 Å². The highest BCUT2D eigenvalue weighted by atomic mass is 16.5. The van der Waals surface area contributed by atoms with Crippen LogP contribution in [0.5, 0.6) is 17.2 Å². The van der Waals surface area contributed by atoms with Crippen molar-refractivity contribution < 1.29 is 23.5 Å². The van der Waals surface area contributed by atoms with Crippen LogP contribution in [0.4, 0.5) is 0 Å². The quantitative estimate of drug-likeness (QED) is 0.0742. The van der Waals surface area contributed by atoms with Gasteiger partial charge in [-0.2, -0.15) is 0 Å². The van der Waals surface area contributed by atoms with Crippen molar-refractivity contribution in [2.45, 2.75) is 72.1 Å². The second-order valence-electron chi connectivity index (χ2n) is 11.1. The molecule has 1 amide bonds. The number of para-hydroxylation sites is 1. The van der Waals surface area contributed by atoms with Crippen molar-refractivity contribution in [3.8, 4) is 17.2 Å². The second-order valence-corrected chi connectivity index (χ2v) is 11.1. The average Bonchev–Trinajstić information content (AvgIpc) is 2.94. The van der Waals surface area contributed by atoms with Gasteiger partial charge in [0.25, 0.3) is 5.91 Å². The van der Waals surface area contributed by atoms with Gasteiger partial charge in [-0.3, -0.25) is 9.59 Å². The van der Waals surface area contributed by atoms with E-state index in [2.05, 4.69) is 39.4 Å². The fraction of sp³-hybridized carbons (Fsp3) is 0.529. The van der Waals surface area contributed by atoms with Crippen molar-refractivity contribution >= 4 is 11.7 Å². The lowest BCUT2D eigenvalue weighted by atomic mass is 10.1. The normalized spacial score (nSPS) is 11.2. The van der Waals surface area contributed by atoms with Crippen molar-refractivity contribution in [3.05, 3.63) is 66.2 Å². The summed E-state index contributed by atoms with van der Waals surface area (Å²) in [4.78, 5) is 27.1. The third-order valence-corrected chi connectivity index (χ3v) is 7.03. The first-order chi connectivity index (χ1) is 19.2. The molecule has 40 heavy (non-hydrogen) atoms. The second kappa shape index (κ2) is 17.5. The van der Waals surface area contributed by atoms with Crippen molar-refractivity contribution in [3.63, 3.8) is 0 Å². The van der Waals surface area contributed by atoms with Crippen LogP contribution < -0.4 is 9.47 Å². The van der Waals surface area contributed by atoms with E-state index in [0.717, 1.165) is 69.5 Å². The van der Waals surface area contributed by atoms with Gasteiger partial charge in [-0.15, -0.1) is 6.58 Å². The van der Waals surface area contributed by atoms with Gasteiger partial charge in [0.1, 0.15) is 5.75 Å². The summed E-state index contributed by atoms with van der Waals surface area (Å²) >= 11 is 0. The number of benzene rings is 2. The number of quaternary nitrogens is 1. The van der Waals surface area contributed by atoms with E-state index in [1.165, 1.54) is 0 Å². The summed E-state index contributed by atoms with van der Waals surface area (Å²) in [6.07, 6.45) is 9.16. The molecule has 2 aromatic carbocycles. The van der Waals surface area contributed by atoms with E-state index in [4.69, 9.17) is 9.47 Å². The lowest BCUT2D eigenvalue weighted by Gasteiger charge is -2.32. The zero-order valence-electron chi connectivity index (χ0n) is 25.5. The van der Waals surface area contributed by atoms with Crippen LogP contribution in [0, 0.1) is 0 Å². The summed E-state index contributed by atoms with van der Waals surface area (Å²) < 4.78 is 13.1. The number of likely N-dealkylation sites (N-methyl/N-ethyl adjacent to an activating group) is 1. The molecule has 0 radical (unpaired) electrons. The van der Waals surface area contributed by atoms with Crippen LogP contribution in [-0.4, -0.2) is 68.0 Å². The van der Waals surface area contributed by atoms with Crippen molar-refractivity contribution in [2.75, 3.05) is 46.9 Å². The third kappa shape index (κ3) is 11.2. The molecule has 0 fully saturated rings. The lowest BCUT2D eigenvalue weighted by Crippen LogP contribution is -2.49. The van der Waals surface area contributed by atoms with Gasteiger partial charge in [0.2, 0.25) is 0 Å². The maximum atomic E-state index is 13.0. The molecule has 0 spiro atoms. The number of ether oxygens (including phenoxy) is 2. The number of carbonyl (C=O) groups is 2. The molecule has 2 rings (SSSR count). The van der Waals surface area contributed by atoms with E-state index in [0.29, 0.717) is 47.5 Å². The maximum absolute atomic E-state index is 13.0. The number of hydrogen-bond donors (Lipinski definition) is 0. The number of Topliss-reactive ketones (excluding diaryl/α,β-unsaturated/α-hetero) is 1. The number of nitrogens with zero attached hydrogens (tertiary/aromatic N) is 2. The first-order valence-corrected chi connectivity index (χ1v) is 15.0. The van der Waals surface area contributed by atoms with Crippen LogP contribution in [0.25, 0.3) is 0 Å². The minimum Gasteiger partial charge on any atom is -0.489 e. The highest BCUT2D eigenvalue weighted by molar-refractivity contribution is 5.95. The monoisotopic (exact) mass is 551 g/mol. The summed E-state index contributed by atoms with van der Waals surface area (Å²) in [6.45, 7) is 13.8. The van der Waals surface area contributed by atoms with E-state index in [1.807, 2.05) is 43.3 Å². The number of ketones is 1. The molecule has 6 nitrogen and oxygen atoms in total. The Morgan fingerprint density at radius 1 is 0.925 bits per heavy atom. The van der Waals surface area contributed by atoms with Crippen LogP contribution in [0.1, 0.15) is 81.6 Å². The van der Waals surface area contributed by atoms with Crippen LogP contribution in [0.15, 0.2) is 55.1 Å².